The summed E-state index contributed by atoms with van der Waals surface area (Å²) < 4.78 is 21.6. The zero-order valence-corrected chi connectivity index (χ0v) is 23.1. The number of amides is 2. The van der Waals surface area contributed by atoms with Crippen molar-refractivity contribution in [1.29, 1.82) is 0 Å². The lowest BCUT2D eigenvalue weighted by atomic mass is 10.00. The highest BCUT2D eigenvalue weighted by Crippen LogP contribution is 2.34. The molecule has 204 valence electrons. The minimum Gasteiger partial charge on any atom is -0.493 e. The number of ether oxygens (including phenoxy) is 4. The van der Waals surface area contributed by atoms with Gasteiger partial charge < -0.3 is 29.6 Å². The lowest BCUT2D eigenvalue weighted by Crippen LogP contribution is -2.27. The first kappa shape index (κ1) is 29.8. The third kappa shape index (κ3) is 8.58. The zero-order chi connectivity index (χ0) is 27.2. The van der Waals surface area contributed by atoms with Crippen LogP contribution in [-0.2, 0) is 28.9 Å². The zero-order valence-electron chi connectivity index (χ0n) is 23.1. The molecule has 0 aliphatic carbocycles. The molecule has 0 aromatic heterocycles. The molecular formula is C29H42N2O6. The second kappa shape index (κ2) is 15.6. The number of benzene rings is 2. The van der Waals surface area contributed by atoms with Gasteiger partial charge in [-0.3, -0.25) is 9.59 Å². The van der Waals surface area contributed by atoms with Crippen molar-refractivity contribution < 1.29 is 28.5 Å². The molecule has 2 aromatic rings. The number of carbonyl (C=O) groups is 2. The van der Waals surface area contributed by atoms with Crippen molar-refractivity contribution in [2.24, 2.45) is 0 Å². The number of hydrogen-bond acceptors (Lipinski definition) is 6. The molecular weight excluding hydrogens is 472 g/mol. The number of carbonyl (C=O) groups excluding carboxylic acids is 2. The van der Waals surface area contributed by atoms with Gasteiger partial charge >= 0.3 is 0 Å². The predicted octanol–water partition coefficient (Wildman–Crippen LogP) is 4.17. The van der Waals surface area contributed by atoms with Gasteiger partial charge in [0.25, 0.3) is 0 Å². The van der Waals surface area contributed by atoms with Gasteiger partial charge in [0, 0.05) is 18.7 Å². The van der Waals surface area contributed by atoms with Gasteiger partial charge in [-0.15, -0.1) is 0 Å². The number of hydrogen-bond donors (Lipinski definition) is 2. The fraction of sp³-hybridized carbons (Fsp3) is 0.517. The summed E-state index contributed by atoms with van der Waals surface area (Å²) in [6.07, 6.45) is 5.15. The summed E-state index contributed by atoms with van der Waals surface area (Å²) in [5.41, 5.74) is 3.79. The van der Waals surface area contributed by atoms with Crippen LogP contribution in [-0.4, -0.2) is 53.3 Å². The van der Waals surface area contributed by atoms with Crippen LogP contribution in [0.2, 0.25) is 0 Å². The molecule has 2 aromatic carbocycles. The number of nitrogens with one attached hydrogen (secondary N) is 2. The van der Waals surface area contributed by atoms with Crippen LogP contribution in [0.3, 0.4) is 0 Å². The minimum atomic E-state index is -0.0100. The lowest BCUT2D eigenvalue weighted by Gasteiger charge is -2.16. The second-order valence-corrected chi connectivity index (χ2v) is 8.85. The van der Waals surface area contributed by atoms with Crippen molar-refractivity contribution in [3.8, 4) is 23.0 Å². The van der Waals surface area contributed by atoms with Gasteiger partial charge in [-0.25, -0.2) is 0 Å². The highest BCUT2D eigenvalue weighted by Gasteiger charge is 2.16. The van der Waals surface area contributed by atoms with Crippen molar-refractivity contribution >= 4 is 11.8 Å². The molecule has 2 rings (SSSR count). The molecule has 0 fully saturated rings. The van der Waals surface area contributed by atoms with E-state index < -0.39 is 0 Å². The summed E-state index contributed by atoms with van der Waals surface area (Å²) in [6.45, 7) is 5.24. The smallest absolute Gasteiger partial charge is 0.224 e. The standard InChI is InChI=1S/C29H42N2O6/c1-7-23-22(13-15-25(35-4)29(23)37-6)19-27(33)31-17-11-9-8-10-16-30-26(32)18-21-12-14-24(34-3)28(36-5)20(21)2/h12-15H,7-11,16-19H2,1-6H3,(H,30,32)(H,31,33). The normalized spacial score (nSPS) is 10.5. The summed E-state index contributed by atoms with van der Waals surface area (Å²) in [6, 6.07) is 7.50. The maximum Gasteiger partial charge on any atom is 0.224 e. The van der Waals surface area contributed by atoms with Gasteiger partial charge in [-0.2, -0.15) is 0 Å². The Bertz CT molecular complexity index is 1040. The van der Waals surface area contributed by atoms with Crippen molar-refractivity contribution in [2.45, 2.75) is 58.8 Å². The molecule has 0 heterocycles. The molecule has 0 atom stereocenters. The van der Waals surface area contributed by atoms with E-state index in [0.717, 1.165) is 54.4 Å². The van der Waals surface area contributed by atoms with Crippen LogP contribution < -0.4 is 29.6 Å². The van der Waals surface area contributed by atoms with E-state index in [-0.39, 0.29) is 11.8 Å². The Hall–Kier alpha value is -3.42. The molecule has 37 heavy (non-hydrogen) atoms. The Balaban J connectivity index is 1.64. The van der Waals surface area contributed by atoms with E-state index in [1.807, 2.05) is 38.1 Å². The molecule has 0 aliphatic rings. The molecule has 0 bridgehead atoms. The van der Waals surface area contributed by atoms with Gasteiger partial charge in [0.05, 0.1) is 41.3 Å². The summed E-state index contributed by atoms with van der Waals surface area (Å²) in [7, 11) is 6.42. The number of unbranched alkanes of at least 4 members (excludes halogenated alkanes) is 3. The van der Waals surface area contributed by atoms with E-state index in [0.29, 0.717) is 48.9 Å². The van der Waals surface area contributed by atoms with Crippen LogP contribution in [0.25, 0.3) is 0 Å². The summed E-state index contributed by atoms with van der Waals surface area (Å²) in [5, 5.41) is 6.00. The minimum absolute atomic E-state index is 0.000334. The van der Waals surface area contributed by atoms with Crippen molar-refractivity contribution in [2.75, 3.05) is 41.5 Å². The second-order valence-electron chi connectivity index (χ2n) is 8.85. The molecule has 2 amide bonds. The molecule has 8 heteroatoms. The number of methoxy groups -OCH3 is 4. The topological polar surface area (TPSA) is 95.1 Å². The molecule has 0 saturated heterocycles. The summed E-state index contributed by atoms with van der Waals surface area (Å²) >= 11 is 0. The predicted molar refractivity (Wildman–Crippen MR) is 145 cm³/mol. The third-order valence-electron chi connectivity index (χ3n) is 6.45. The number of rotatable bonds is 16. The first-order chi connectivity index (χ1) is 17.9. The lowest BCUT2D eigenvalue weighted by molar-refractivity contribution is -0.121. The van der Waals surface area contributed by atoms with E-state index in [1.165, 1.54) is 0 Å². The largest absolute Gasteiger partial charge is 0.493 e. The molecule has 0 unspecified atom stereocenters. The van der Waals surface area contributed by atoms with Gasteiger partial charge in [0.2, 0.25) is 11.8 Å². The molecule has 0 saturated carbocycles. The van der Waals surface area contributed by atoms with Gasteiger partial charge in [-0.05, 0) is 55.0 Å². The Morgan fingerprint density at radius 3 is 1.65 bits per heavy atom. The van der Waals surface area contributed by atoms with E-state index in [9.17, 15) is 9.59 Å². The Morgan fingerprint density at radius 1 is 0.676 bits per heavy atom. The monoisotopic (exact) mass is 514 g/mol. The fourth-order valence-corrected chi connectivity index (χ4v) is 4.43. The maximum absolute atomic E-state index is 12.4. The maximum atomic E-state index is 12.4. The first-order valence-electron chi connectivity index (χ1n) is 12.9. The summed E-state index contributed by atoms with van der Waals surface area (Å²) in [5.74, 6) is 2.68. The van der Waals surface area contributed by atoms with Gasteiger partial charge in [-0.1, -0.05) is 31.9 Å². The third-order valence-corrected chi connectivity index (χ3v) is 6.45. The van der Waals surface area contributed by atoms with E-state index in [1.54, 1.807) is 28.4 Å². The van der Waals surface area contributed by atoms with Crippen LogP contribution >= 0.6 is 0 Å². The summed E-state index contributed by atoms with van der Waals surface area (Å²) in [4.78, 5) is 24.8. The highest BCUT2D eigenvalue weighted by molar-refractivity contribution is 5.80. The highest BCUT2D eigenvalue weighted by atomic mass is 16.5. The van der Waals surface area contributed by atoms with E-state index in [4.69, 9.17) is 18.9 Å². The Morgan fingerprint density at radius 2 is 1.16 bits per heavy atom. The van der Waals surface area contributed by atoms with Crippen molar-refractivity contribution in [3.63, 3.8) is 0 Å². The van der Waals surface area contributed by atoms with Gasteiger partial charge in [0.15, 0.2) is 23.0 Å². The first-order valence-corrected chi connectivity index (χ1v) is 12.9. The molecule has 0 radical (unpaired) electrons. The average molecular weight is 515 g/mol. The van der Waals surface area contributed by atoms with Crippen LogP contribution in [0, 0.1) is 6.92 Å². The van der Waals surface area contributed by atoms with Crippen LogP contribution in [0.15, 0.2) is 24.3 Å². The molecule has 0 spiro atoms. The molecule has 0 aliphatic heterocycles. The van der Waals surface area contributed by atoms with Crippen LogP contribution in [0.4, 0.5) is 0 Å². The van der Waals surface area contributed by atoms with Gasteiger partial charge in [0.1, 0.15) is 0 Å². The Labute approximate surface area is 221 Å². The molecule has 2 N–H and O–H groups in total. The fourth-order valence-electron chi connectivity index (χ4n) is 4.43. The van der Waals surface area contributed by atoms with Crippen LogP contribution in [0.1, 0.15) is 54.9 Å². The molecule has 8 nitrogen and oxygen atoms in total. The Kier molecular flexibility index (Phi) is 12.6. The van der Waals surface area contributed by atoms with Crippen molar-refractivity contribution in [1.82, 2.24) is 10.6 Å². The van der Waals surface area contributed by atoms with Crippen molar-refractivity contribution in [3.05, 3.63) is 46.5 Å². The van der Waals surface area contributed by atoms with E-state index >= 15 is 0 Å². The van der Waals surface area contributed by atoms with E-state index in [2.05, 4.69) is 10.6 Å². The SMILES string of the molecule is CCc1c(CC(=O)NCCCCCCNC(=O)Cc2ccc(OC)c(OC)c2C)ccc(OC)c1OC. The average Bonchev–Trinajstić information content (AvgIpc) is 2.90. The quantitative estimate of drug-likeness (QED) is 0.327. The van der Waals surface area contributed by atoms with Crippen LogP contribution in [0.5, 0.6) is 23.0 Å².